The van der Waals surface area contributed by atoms with Gasteiger partial charge in [-0.15, -0.1) is 11.3 Å². The number of aromatic nitrogens is 1. The molecule has 8 heteroatoms. The molecule has 1 heterocycles. The number of hydrogen-bond donors (Lipinski definition) is 2. The van der Waals surface area contributed by atoms with Crippen molar-refractivity contribution < 1.29 is 13.2 Å². The summed E-state index contributed by atoms with van der Waals surface area (Å²) < 4.78 is 32.8. The lowest BCUT2D eigenvalue weighted by Gasteiger charge is -2.12. The summed E-state index contributed by atoms with van der Waals surface area (Å²) in [5, 5.41) is 0. The Labute approximate surface area is 128 Å². The first-order valence-electron chi connectivity index (χ1n) is 6.35. The van der Waals surface area contributed by atoms with Gasteiger partial charge in [-0.05, 0) is 32.0 Å². The first kappa shape index (κ1) is 15.7. The van der Waals surface area contributed by atoms with Crippen LogP contribution in [0.15, 0.2) is 28.6 Å². The van der Waals surface area contributed by atoms with Gasteiger partial charge < -0.3 is 10.5 Å². The van der Waals surface area contributed by atoms with Gasteiger partial charge in [-0.1, -0.05) is 0 Å². The predicted molar refractivity (Wildman–Crippen MR) is 82.9 cm³/mol. The van der Waals surface area contributed by atoms with Crippen molar-refractivity contribution in [3.8, 4) is 5.75 Å². The summed E-state index contributed by atoms with van der Waals surface area (Å²) in [6.45, 7) is 4.20. The number of sulfonamides is 1. The SMILES string of the molecule is CCOc1ccc(N)cc1S(=O)(=O)NCc1scnc1C. The minimum absolute atomic E-state index is 0.0477. The van der Waals surface area contributed by atoms with E-state index in [9.17, 15) is 8.42 Å². The van der Waals surface area contributed by atoms with Gasteiger partial charge in [0, 0.05) is 17.1 Å². The normalized spacial score (nSPS) is 11.5. The standard InChI is InChI=1S/C13H17N3O3S2/c1-3-19-11-5-4-10(14)6-13(11)21(17,18)16-7-12-9(2)15-8-20-12/h4-6,8,16H,3,7,14H2,1-2H3. The molecule has 3 N–H and O–H groups in total. The van der Waals surface area contributed by atoms with Crippen LogP contribution >= 0.6 is 11.3 Å². The van der Waals surface area contributed by atoms with E-state index in [1.165, 1.54) is 17.4 Å². The molecule has 0 saturated heterocycles. The molecule has 0 unspecified atom stereocenters. The van der Waals surface area contributed by atoms with Crippen LogP contribution in [0.5, 0.6) is 5.75 Å². The maximum absolute atomic E-state index is 12.4. The maximum Gasteiger partial charge on any atom is 0.244 e. The van der Waals surface area contributed by atoms with Crippen molar-refractivity contribution in [2.45, 2.75) is 25.3 Å². The lowest BCUT2D eigenvalue weighted by atomic mass is 10.3. The van der Waals surface area contributed by atoms with E-state index in [4.69, 9.17) is 10.5 Å². The van der Waals surface area contributed by atoms with E-state index in [1.807, 2.05) is 6.92 Å². The van der Waals surface area contributed by atoms with Crippen LogP contribution in [0.4, 0.5) is 5.69 Å². The van der Waals surface area contributed by atoms with Gasteiger partial charge in [0.05, 0.1) is 17.8 Å². The molecule has 114 valence electrons. The average Bonchev–Trinajstić information content (AvgIpc) is 2.84. The van der Waals surface area contributed by atoms with Crippen molar-refractivity contribution in [2.75, 3.05) is 12.3 Å². The fourth-order valence-corrected chi connectivity index (χ4v) is 3.72. The van der Waals surface area contributed by atoms with Crippen LogP contribution in [0.3, 0.4) is 0 Å². The van der Waals surface area contributed by atoms with E-state index in [2.05, 4.69) is 9.71 Å². The number of nitrogen functional groups attached to an aromatic ring is 1. The second-order valence-corrected chi connectivity index (χ2v) is 7.00. The van der Waals surface area contributed by atoms with Crippen LogP contribution in [-0.4, -0.2) is 20.0 Å². The van der Waals surface area contributed by atoms with Crippen LogP contribution in [0, 0.1) is 6.92 Å². The third-order valence-electron chi connectivity index (χ3n) is 2.82. The van der Waals surface area contributed by atoms with Crippen molar-refractivity contribution in [3.63, 3.8) is 0 Å². The molecule has 1 aromatic carbocycles. The van der Waals surface area contributed by atoms with E-state index >= 15 is 0 Å². The van der Waals surface area contributed by atoms with Gasteiger partial charge in [0.25, 0.3) is 0 Å². The molecule has 0 aliphatic carbocycles. The molecule has 6 nitrogen and oxygen atoms in total. The molecule has 2 rings (SSSR count). The molecule has 0 fully saturated rings. The first-order valence-corrected chi connectivity index (χ1v) is 8.71. The summed E-state index contributed by atoms with van der Waals surface area (Å²) >= 11 is 1.41. The number of benzene rings is 1. The molecule has 0 aliphatic heterocycles. The van der Waals surface area contributed by atoms with Crippen molar-refractivity contribution in [2.24, 2.45) is 0 Å². The Morgan fingerprint density at radius 1 is 1.43 bits per heavy atom. The molecule has 0 saturated carbocycles. The van der Waals surface area contributed by atoms with E-state index in [0.717, 1.165) is 10.6 Å². The smallest absolute Gasteiger partial charge is 0.244 e. The van der Waals surface area contributed by atoms with E-state index in [-0.39, 0.29) is 11.4 Å². The first-order chi connectivity index (χ1) is 9.94. The molecule has 0 aliphatic rings. The van der Waals surface area contributed by atoms with Crippen LogP contribution < -0.4 is 15.2 Å². The van der Waals surface area contributed by atoms with Gasteiger partial charge in [-0.25, -0.2) is 18.1 Å². The second kappa shape index (κ2) is 6.42. The predicted octanol–water partition coefficient (Wildman–Crippen LogP) is 1.91. The van der Waals surface area contributed by atoms with E-state index < -0.39 is 10.0 Å². The fraction of sp³-hybridized carbons (Fsp3) is 0.308. The number of ether oxygens (including phenoxy) is 1. The molecule has 1 aromatic heterocycles. The van der Waals surface area contributed by atoms with Gasteiger partial charge in [-0.3, -0.25) is 0 Å². The molecule has 0 amide bonds. The minimum Gasteiger partial charge on any atom is -0.492 e. The van der Waals surface area contributed by atoms with Crippen molar-refractivity contribution >= 4 is 27.0 Å². The van der Waals surface area contributed by atoms with E-state index in [0.29, 0.717) is 18.0 Å². The number of thiazole rings is 1. The van der Waals surface area contributed by atoms with Gasteiger partial charge in [-0.2, -0.15) is 0 Å². The second-order valence-electron chi connectivity index (χ2n) is 4.32. The molecule has 0 atom stereocenters. The lowest BCUT2D eigenvalue weighted by Crippen LogP contribution is -2.24. The van der Waals surface area contributed by atoms with Gasteiger partial charge in [0.15, 0.2) is 0 Å². The third-order valence-corrected chi connectivity index (χ3v) is 5.18. The summed E-state index contributed by atoms with van der Waals surface area (Å²) in [6.07, 6.45) is 0. The summed E-state index contributed by atoms with van der Waals surface area (Å²) in [5.74, 6) is 0.292. The number of nitrogens with one attached hydrogen (secondary N) is 1. The highest BCUT2D eigenvalue weighted by molar-refractivity contribution is 7.89. The van der Waals surface area contributed by atoms with Crippen molar-refractivity contribution in [1.29, 1.82) is 0 Å². The quantitative estimate of drug-likeness (QED) is 0.790. The zero-order chi connectivity index (χ0) is 15.5. The third kappa shape index (κ3) is 3.72. The van der Waals surface area contributed by atoms with Crippen LogP contribution in [0.1, 0.15) is 17.5 Å². The number of rotatable bonds is 6. The number of hydrogen-bond acceptors (Lipinski definition) is 6. The van der Waals surface area contributed by atoms with Gasteiger partial charge in [0.1, 0.15) is 10.6 Å². The van der Waals surface area contributed by atoms with Crippen LogP contribution in [0.2, 0.25) is 0 Å². The van der Waals surface area contributed by atoms with Crippen molar-refractivity contribution in [1.82, 2.24) is 9.71 Å². The number of aryl methyl sites for hydroxylation is 1. The maximum atomic E-state index is 12.4. The van der Waals surface area contributed by atoms with E-state index in [1.54, 1.807) is 24.6 Å². The highest BCUT2D eigenvalue weighted by Crippen LogP contribution is 2.26. The summed E-state index contributed by atoms with van der Waals surface area (Å²) in [6, 6.07) is 4.57. The monoisotopic (exact) mass is 327 g/mol. The Balaban J connectivity index is 2.26. The molecule has 0 bridgehead atoms. The molecule has 0 spiro atoms. The van der Waals surface area contributed by atoms with Gasteiger partial charge in [0.2, 0.25) is 10.0 Å². The summed E-state index contributed by atoms with van der Waals surface area (Å²) in [7, 11) is -3.70. The topological polar surface area (TPSA) is 94.3 Å². The number of anilines is 1. The summed E-state index contributed by atoms with van der Waals surface area (Å²) in [4.78, 5) is 5.01. The van der Waals surface area contributed by atoms with Crippen LogP contribution in [0.25, 0.3) is 0 Å². The van der Waals surface area contributed by atoms with Crippen molar-refractivity contribution in [3.05, 3.63) is 34.3 Å². The zero-order valence-corrected chi connectivity index (χ0v) is 13.4. The Kier molecular flexibility index (Phi) is 4.81. The van der Waals surface area contributed by atoms with Gasteiger partial charge >= 0.3 is 0 Å². The largest absolute Gasteiger partial charge is 0.492 e. The number of nitrogens with two attached hydrogens (primary N) is 1. The Morgan fingerprint density at radius 3 is 2.81 bits per heavy atom. The Bertz CT molecular complexity index is 726. The summed E-state index contributed by atoms with van der Waals surface area (Å²) in [5.41, 5.74) is 8.55. The molecular weight excluding hydrogens is 310 g/mol. The highest BCUT2D eigenvalue weighted by atomic mass is 32.2. The lowest BCUT2D eigenvalue weighted by molar-refractivity contribution is 0.331. The Hall–Kier alpha value is -1.64. The Morgan fingerprint density at radius 2 is 2.19 bits per heavy atom. The minimum atomic E-state index is -3.70. The fourth-order valence-electron chi connectivity index (χ4n) is 1.74. The average molecular weight is 327 g/mol. The number of nitrogens with zero attached hydrogens (tertiary/aromatic N) is 1. The molecule has 2 aromatic rings. The zero-order valence-electron chi connectivity index (χ0n) is 11.8. The highest BCUT2D eigenvalue weighted by Gasteiger charge is 2.20. The molecule has 0 radical (unpaired) electrons. The van der Waals surface area contributed by atoms with Crippen LogP contribution in [-0.2, 0) is 16.6 Å². The molecular formula is C13H17N3O3S2. The molecule has 21 heavy (non-hydrogen) atoms.